The largest absolute Gasteiger partial charge is 0.348 e. The molecule has 0 saturated carbocycles. The first-order chi connectivity index (χ1) is 27.1. The average molecular weight is 801 g/mol. The number of aromatic nitrogens is 4. The number of carbonyl (C=O) groups excluding carboxylic acids is 3. The van der Waals surface area contributed by atoms with E-state index >= 15 is 0 Å². The number of nitrogens with zero attached hydrogens (tertiary/aromatic N) is 6. The number of rotatable bonds is 7. The van der Waals surface area contributed by atoms with Crippen LogP contribution in [0.4, 0.5) is 0 Å². The van der Waals surface area contributed by atoms with Crippen molar-refractivity contribution in [2.24, 2.45) is 10.4 Å². The summed E-state index contributed by atoms with van der Waals surface area (Å²) >= 11 is 3.31. The number of thiazole rings is 1. The van der Waals surface area contributed by atoms with Gasteiger partial charge in [-0.1, -0.05) is 63.1 Å². The molecule has 3 amide bonds. The Morgan fingerprint density at radius 2 is 1.65 bits per heavy atom. The van der Waals surface area contributed by atoms with Crippen LogP contribution in [0.25, 0.3) is 15.4 Å². The summed E-state index contributed by atoms with van der Waals surface area (Å²) in [5.74, 6) is 6.25. The molecule has 57 heavy (non-hydrogen) atoms. The van der Waals surface area contributed by atoms with Gasteiger partial charge >= 0.3 is 0 Å². The number of thiophene rings is 1. The Hall–Kier alpha value is -5.45. The first-order valence-electron chi connectivity index (χ1n) is 19.3. The number of hydrogen-bond acceptors (Lipinski definition) is 9. The van der Waals surface area contributed by atoms with Crippen LogP contribution in [-0.2, 0) is 14.4 Å². The van der Waals surface area contributed by atoms with Crippen LogP contribution in [0.2, 0.25) is 0 Å². The zero-order valence-electron chi connectivity index (χ0n) is 33.9. The summed E-state index contributed by atoms with van der Waals surface area (Å²) < 4.78 is 2.11. The van der Waals surface area contributed by atoms with Gasteiger partial charge in [0, 0.05) is 34.0 Å². The molecule has 7 rings (SSSR count). The molecule has 11 nitrogen and oxygen atoms in total. The lowest BCUT2D eigenvalue weighted by atomic mass is 9.85. The molecule has 2 aromatic carbocycles. The van der Waals surface area contributed by atoms with Gasteiger partial charge in [0.05, 0.1) is 27.8 Å². The number of aliphatic imine (C=N–C) groups is 1. The van der Waals surface area contributed by atoms with Gasteiger partial charge in [-0.3, -0.25) is 23.9 Å². The van der Waals surface area contributed by atoms with E-state index in [1.165, 1.54) is 10.4 Å². The summed E-state index contributed by atoms with van der Waals surface area (Å²) in [6.45, 7) is 18.3. The SMILES string of the molecule is Cc1ncsc1-c1ccc([C@H](C)NC(=O)[C@@H]2CCCN2C(=O)C(NC(=O)C#Cc2ccc(C3=N[C@@H](C)c4nnc(C)n4-c4sc(C)c(C)c43)cc2)C(C)(C)C)cc1. The molecule has 13 heteroatoms. The smallest absolute Gasteiger partial charge is 0.296 e. The van der Waals surface area contributed by atoms with Crippen LogP contribution in [0.5, 0.6) is 0 Å². The minimum Gasteiger partial charge on any atom is -0.348 e. The number of likely N-dealkylation sites (tertiary alicyclic amines) is 1. The summed E-state index contributed by atoms with van der Waals surface area (Å²) in [6, 6.07) is 13.9. The van der Waals surface area contributed by atoms with Gasteiger partial charge in [0.2, 0.25) is 11.8 Å². The van der Waals surface area contributed by atoms with E-state index in [0.29, 0.717) is 24.9 Å². The van der Waals surface area contributed by atoms with Gasteiger partial charge in [-0.25, -0.2) is 4.98 Å². The quantitative estimate of drug-likeness (QED) is 0.166. The highest BCUT2D eigenvalue weighted by molar-refractivity contribution is 7.15. The Kier molecular flexibility index (Phi) is 11.0. The molecule has 1 saturated heterocycles. The summed E-state index contributed by atoms with van der Waals surface area (Å²) in [5, 5.41) is 15.9. The summed E-state index contributed by atoms with van der Waals surface area (Å²) in [7, 11) is 0. The van der Waals surface area contributed by atoms with E-state index in [2.05, 4.69) is 56.1 Å². The second kappa shape index (κ2) is 15.8. The maximum absolute atomic E-state index is 14.1. The van der Waals surface area contributed by atoms with E-state index in [-0.39, 0.29) is 23.9 Å². The van der Waals surface area contributed by atoms with E-state index < -0.39 is 23.4 Å². The fourth-order valence-electron chi connectivity index (χ4n) is 7.50. The number of benzene rings is 2. The second-order valence-electron chi connectivity index (χ2n) is 16.0. The van der Waals surface area contributed by atoms with E-state index in [9.17, 15) is 14.4 Å². The van der Waals surface area contributed by atoms with Crippen LogP contribution in [0.3, 0.4) is 0 Å². The molecular formula is C44H48N8O3S2. The van der Waals surface area contributed by atoms with Gasteiger partial charge in [-0.2, -0.15) is 0 Å². The number of amides is 3. The van der Waals surface area contributed by atoms with Crippen LogP contribution in [0.1, 0.15) is 110 Å². The Bertz CT molecular complexity index is 2440. The van der Waals surface area contributed by atoms with Crippen molar-refractivity contribution in [2.45, 2.75) is 99.3 Å². The number of nitrogens with one attached hydrogen (secondary N) is 2. The van der Waals surface area contributed by atoms with Crippen molar-refractivity contribution >= 4 is 46.1 Å². The topological polar surface area (TPSA) is 134 Å². The fourth-order valence-corrected chi connectivity index (χ4v) is 9.53. The fraction of sp³-hybridized carbons (Fsp3) is 0.386. The predicted molar refractivity (Wildman–Crippen MR) is 226 cm³/mol. The van der Waals surface area contributed by atoms with E-state index in [0.717, 1.165) is 55.2 Å². The molecule has 294 valence electrons. The number of carbonyl (C=O) groups is 3. The van der Waals surface area contributed by atoms with Crippen LogP contribution in [0, 0.1) is 45.0 Å². The lowest BCUT2D eigenvalue weighted by Gasteiger charge is -2.35. The number of aryl methyl sites for hydroxylation is 3. The van der Waals surface area contributed by atoms with Gasteiger partial charge in [-0.15, -0.1) is 32.9 Å². The standard InChI is InChI=1S/C44H48N8O3S2/c1-24-28(5)57-43-36(24)37(46-27(4)40-50-49-29(6)52(40)43)32-15-12-30(13-16-32)14-21-35(53)48-39(44(7,8)9)42(55)51-22-10-11-34(51)41(54)47-25(2)31-17-19-33(20-18-31)38-26(3)45-23-56-38/h12-13,15-20,23,25,27,34,39H,10-11,22H2,1-9H3,(H,47,54)(H,48,53)/t25-,27-,34-,39?/m0/s1. The lowest BCUT2D eigenvalue weighted by Crippen LogP contribution is -2.57. The molecule has 4 atom stereocenters. The van der Waals surface area contributed by atoms with Gasteiger partial charge in [0.1, 0.15) is 29.0 Å². The van der Waals surface area contributed by atoms with Gasteiger partial charge in [-0.05, 0) is 88.6 Å². The lowest BCUT2D eigenvalue weighted by molar-refractivity contribution is -0.143. The third-order valence-electron chi connectivity index (χ3n) is 10.8. The Labute approximate surface area is 342 Å². The predicted octanol–water partition coefficient (Wildman–Crippen LogP) is 7.35. The Morgan fingerprint density at radius 3 is 2.32 bits per heavy atom. The molecule has 1 unspecified atom stereocenters. The Morgan fingerprint density at radius 1 is 0.947 bits per heavy atom. The van der Waals surface area contributed by atoms with Crippen molar-refractivity contribution in [1.82, 2.24) is 35.3 Å². The molecule has 0 radical (unpaired) electrons. The van der Waals surface area contributed by atoms with Crippen LogP contribution in [0.15, 0.2) is 59.0 Å². The monoisotopic (exact) mass is 800 g/mol. The van der Waals surface area contributed by atoms with Gasteiger partial charge in [0.15, 0.2) is 5.82 Å². The van der Waals surface area contributed by atoms with Crippen molar-refractivity contribution in [3.8, 4) is 27.3 Å². The van der Waals surface area contributed by atoms with E-state index in [1.807, 2.05) is 103 Å². The van der Waals surface area contributed by atoms with Crippen molar-refractivity contribution < 1.29 is 14.4 Å². The van der Waals surface area contributed by atoms with Crippen molar-refractivity contribution in [2.75, 3.05) is 6.54 Å². The zero-order valence-corrected chi connectivity index (χ0v) is 35.5. The maximum Gasteiger partial charge on any atom is 0.296 e. The Balaban J connectivity index is 1.02. The van der Waals surface area contributed by atoms with Gasteiger partial charge < -0.3 is 15.5 Å². The molecule has 3 aromatic heterocycles. The number of hydrogen-bond donors (Lipinski definition) is 2. The average Bonchev–Trinajstić information content (AvgIpc) is 3.97. The molecule has 5 aromatic rings. The molecule has 0 aliphatic carbocycles. The van der Waals surface area contributed by atoms with Crippen molar-refractivity contribution in [3.05, 3.63) is 104 Å². The third-order valence-corrected chi connectivity index (χ3v) is 13.0. The molecular weight excluding hydrogens is 753 g/mol. The second-order valence-corrected chi connectivity index (χ2v) is 18.0. The zero-order chi connectivity index (χ0) is 40.8. The van der Waals surface area contributed by atoms with Crippen LogP contribution >= 0.6 is 22.7 Å². The van der Waals surface area contributed by atoms with Crippen molar-refractivity contribution in [1.29, 1.82) is 0 Å². The highest BCUT2D eigenvalue weighted by Gasteiger charge is 2.42. The molecule has 0 bridgehead atoms. The minimum absolute atomic E-state index is 0.196. The first kappa shape index (κ1) is 39.8. The number of fused-ring (bicyclic) bond motifs is 3. The van der Waals surface area contributed by atoms with Crippen LogP contribution < -0.4 is 10.6 Å². The van der Waals surface area contributed by atoms with Crippen molar-refractivity contribution in [3.63, 3.8) is 0 Å². The van der Waals surface area contributed by atoms with E-state index in [1.54, 1.807) is 27.6 Å². The normalized spacial score (nSPS) is 17.4. The molecule has 2 N–H and O–H groups in total. The minimum atomic E-state index is -0.884. The maximum atomic E-state index is 14.1. The third kappa shape index (κ3) is 7.93. The van der Waals surface area contributed by atoms with E-state index in [4.69, 9.17) is 4.99 Å². The summed E-state index contributed by atoms with van der Waals surface area (Å²) in [4.78, 5) is 54.5. The highest BCUT2D eigenvalue weighted by atomic mass is 32.1. The summed E-state index contributed by atoms with van der Waals surface area (Å²) in [5.41, 5.74) is 8.96. The molecule has 5 heterocycles. The first-order valence-corrected chi connectivity index (χ1v) is 21.0. The summed E-state index contributed by atoms with van der Waals surface area (Å²) in [6.07, 6.45) is 1.24. The molecule has 2 aliphatic rings. The van der Waals surface area contributed by atoms with Gasteiger partial charge in [0.25, 0.3) is 5.91 Å². The molecule has 0 spiro atoms. The molecule has 2 aliphatic heterocycles. The molecule has 1 fully saturated rings. The highest BCUT2D eigenvalue weighted by Crippen LogP contribution is 2.38. The van der Waals surface area contributed by atoms with Crippen LogP contribution in [-0.4, -0.2) is 66.7 Å².